The lowest BCUT2D eigenvalue weighted by Gasteiger charge is -2.33. The van der Waals surface area contributed by atoms with Gasteiger partial charge in [-0.1, -0.05) is 37.3 Å². The van der Waals surface area contributed by atoms with Gasteiger partial charge >= 0.3 is 0 Å². The fourth-order valence-corrected chi connectivity index (χ4v) is 3.93. The van der Waals surface area contributed by atoms with Crippen molar-refractivity contribution in [3.05, 3.63) is 35.9 Å². The van der Waals surface area contributed by atoms with Crippen LogP contribution in [0, 0.1) is 0 Å². The Labute approximate surface area is 128 Å². The SMILES string of the molecule is CC(CO)(CN1CCC(N2CCCC2)C1)c1ccccc1. The first-order valence-electron chi connectivity index (χ1n) is 8.34. The van der Waals surface area contributed by atoms with Crippen molar-refractivity contribution in [2.45, 2.75) is 37.6 Å². The average Bonchev–Trinajstić information content (AvgIpc) is 3.19. The highest BCUT2D eigenvalue weighted by Crippen LogP contribution is 2.28. The molecule has 2 aliphatic rings. The number of likely N-dealkylation sites (tertiary alicyclic amines) is 2. The molecule has 2 saturated heterocycles. The molecule has 2 heterocycles. The number of nitrogens with zero attached hydrogens (tertiary/aromatic N) is 2. The second kappa shape index (κ2) is 6.47. The largest absolute Gasteiger partial charge is 0.395 e. The molecule has 0 aliphatic carbocycles. The Morgan fingerprint density at radius 2 is 1.86 bits per heavy atom. The van der Waals surface area contributed by atoms with Gasteiger partial charge in [-0.15, -0.1) is 0 Å². The number of benzene rings is 1. The van der Waals surface area contributed by atoms with Crippen molar-refractivity contribution in [2.24, 2.45) is 0 Å². The van der Waals surface area contributed by atoms with Gasteiger partial charge in [-0.05, 0) is 44.5 Å². The number of aliphatic hydroxyl groups excluding tert-OH is 1. The molecule has 1 N–H and O–H groups in total. The summed E-state index contributed by atoms with van der Waals surface area (Å²) in [6.07, 6.45) is 4.03. The third-order valence-electron chi connectivity index (χ3n) is 5.30. The Morgan fingerprint density at radius 1 is 1.14 bits per heavy atom. The summed E-state index contributed by atoms with van der Waals surface area (Å²) in [4.78, 5) is 5.21. The van der Waals surface area contributed by atoms with Gasteiger partial charge < -0.3 is 10.0 Å². The zero-order chi connectivity index (χ0) is 14.7. The van der Waals surface area contributed by atoms with Crippen molar-refractivity contribution in [3.63, 3.8) is 0 Å². The highest BCUT2D eigenvalue weighted by molar-refractivity contribution is 5.25. The molecule has 0 bridgehead atoms. The highest BCUT2D eigenvalue weighted by atomic mass is 16.3. The van der Waals surface area contributed by atoms with Crippen LogP contribution in [0.5, 0.6) is 0 Å². The minimum atomic E-state index is -0.152. The van der Waals surface area contributed by atoms with Crippen LogP contribution in [-0.4, -0.2) is 60.3 Å². The van der Waals surface area contributed by atoms with E-state index in [0.717, 1.165) is 12.6 Å². The maximum Gasteiger partial charge on any atom is 0.0537 e. The molecule has 1 aromatic carbocycles. The van der Waals surface area contributed by atoms with Gasteiger partial charge in [-0.2, -0.15) is 0 Å². The van der Waals surface area contributed by atoms with E-state index in [4.69, 9.17) is 0 Å². The molecule has 2 atom stereocenters. The molecular weight excluding hydrogens is 260 g/mol. The van der Waals surface area contributed by atoms with Crippen LogP contribution in [0.1, 0.15) is 31.7 Å². The predicted molar refractivity (Wildman–Crippen MR) is 86.5 cm³/mol. The lowest BCUT2D eigenvalue weighted by Crippen LogP contribution is -2.42. The summed E-state index contributed by atoms with van der Waals surface area (Å²) in [6, 6.07) is 11.2. The van der Waals surface area contributed by atoms with Crippen molar-refractivity contribution in [3.8, 4) is 0 Å². The van der Waals surface area contributed by atoms with Crippen LogP contribution in [-0.2, 0) is 5.41 Å². The van der Waals surface area contributed by atoms with Gasteiger partial charge in [-0.3, -0.25) is 4.90 Å². The van der Waals surface area contributed by atoms with Crippen LogP contribution in [0.2, 0.25) is 0 Å². The summed E-state index contributed by atoms with van der Waals surface area (Å²) in [5, 5.41) is 9.94. The molecular formula is C18H28N2O. The Kier molecular flexibility index (Phi) is 4.63. The molecule has 0 spiro atoms. The monoisotopic (exact) mass is 288 g/mol. The number of rotatable bonds is 5. The lowest BCUT2D eigenvalue weighted by atomic mass is 9.83. The van der Waals surface area contributed by atoms with Gasteiger partial charge in [0.2, 0.25) is 0 Å². The third kappa shape index (κ3) is 3.31. The van der Waals surface area contributed by atoms with E-state index in [0.29, 0.717) is 0 Å². The number of hydrogen-bond donors (Lipinski definition) is 1. The molecule has 0 radical (unpaired) electrons. The van der Waals surface area contributed by atoms with Gasteiger partial charge in [0.1, 0.15) is 0 Å². The van der Waals surface area contributed by atoms with Crippen molar-refractivity contribution in [1.29, 1.82) is 0 Å². The van der Waals surface area contributed by atoms with Crippen LogP contribution >= 0.6 is 0 Å². The second-order valence-corrected chi connectivity index (χ2v) is 7.01. The van der Waals surface area contributed by atoms with Crippen LogP contribution < -0.4 is 0 Å². The summed E-state index contributed by atoms with van der Waals surface area (Å²) in [5.41, 5.74) is 1.10. The maximum atomic E-state index is 9.94. The van der Waals surface area contributed by atoms with Crippen LogP contribution in [0.3, 0.4) is 0 Å². The fourth-order valence-electron chi connectivity index (χ4n) is 3.93. The van der Waals surface area contributed by atoms with Gasteiger partial charge in [0, 0.05) is 24.5 Å². The average molecular weight is 288 g/mol. The van der Waals surface area contributed by atoms with Gasteiger partial charge in [0.05, 0.1) is 6.61 Å². The molecule has 0 saturated carbocycles. The predicted octanol–water partition coefficient (Wildman–Crippen LogP) is 2.11. The van der Waals surface area contributed by atoms with E-state index in [2.05, 4.69) is 41.0 Å². The van der Waals surface area contributed by atoms with Crippen LogP contribution in [0.4, 0.5) is 0 Å². The third-order valence-corrected chi connectivity index (χ3v) is 5.30. The first kappa shape index (κ1) is 15.0. The second-order valence-electron chi connectivity index (χ2n) is 7.01. The summed E-state index contributed by atoms with van der Waals surface area (Å²) in [7, 11) is 0. The van der Waals surface area contributed by atoms with E-state index in [-0.39, 0.29) is 12.0 Å². The standard InChI is InChI=1S/C18H28N2O/c1-18(15-21,16-7-3-2-4-8-16)14-19-12-9-17(13-19)20-10-5-6-11-20/h2-4,7-8,17,21H,5-6,9-15H2,1H3. The Balaban J connectivity index is 1.62. The lowest BCUT2D eigenvalue weighted by molar-refractivity contribution is 0.150. The smallest absolute Gasteiger partial charge is 0.0537 e. The quantitative estimate of drug-likeness (QED) is 0.899. The molecule has 0 aromatic heterocycles. The van der Waals surface area contributed by atoms with Gasteiger partial charge in [-0.25, -0.2) is 0 Å². The summed E-state index contributed by atoms with van der Waals surface area (Å²) in [6.45, 7) is 8.26. The van der Waals surface area contributed by atoms with Crippen molar-refractivity contribution < 1.29 is 5.11 Å². The normalized spacial score (nSPS) is 27.0. The molecule has 2 aliphatic heterocycles. The van der Waals surface area contributed by atoms with Gasteiger partial charge in [0.25, 0.3) is 0 Å². The zero-order valence-electron chi connectivity index (χ0n) is 13.2. The Bertz CT molecular complexity index is 444. The minimum Gasteiger partial charge on any atom is -0.395 e. The topological polar surface area (TPSA) is 26.7 Å². The van der Waals surface area contributed by atoms with Crippen molar-refractivity contribution in [2.75, 3.05) is 39.3 Å². The summed E-state index contributed by atoms with van der Waals surface area (Å²) in [5.74, 6) is 0. The molecule has 3 heteroatoms. The minimum absolute atomic E-state index is 0.152. The fraction of sp³-hybridized carbons (Fsp3) is 0.667. The Hall–Kier alpha value is -0.900. The van der Waals surface area contributed by atoms with E-state index >= 15 is 0 Å². The molecule has 3 nitrogen and oxygen atoms in total. The maximum absolute atomic E-state index is 9.94. The van der Waals surface area contributed by atoms with E-state index in [9.17, 15) is 5.11 Å². The first-order valence-corrected chi connectivity index (χ1v) is 8.34. The van der Waals surface area contributed by atoms with Gasteiger partial charge in [0.15, 0.2) is 0 Å². The highest BCUT2D eigenvalue weighted by Gasteiger charge is 2.34. The molecule has 21 heavy (non-hydrogen) atoms. The van der Waals surface area contributed by atoms with Crippen molar-refractivity contribution in [1.82, 2.24) is 9.80 Å². The molecule has 0 amide bonds. The molecule has 116 valence electrons. The number of hydrogen-bond acceptors (Lipinski definition) is 3. The Morgan fingerprint density at radius 3 is 2.52 bits per heavy atom. The van der Waals surface area contributed by atoms with E-state index in [1.807, 2.05) is 6.07 Å². The zero-order valence-corrected chi connectivity index (χ0v) is 13.2. The van der Waals surface area contributed by atoms with E-state index in [1.165, 1.54) is 51.0 Å². The number of aliphatic hydroxyl groups is 1. The van der Waals surface area contributed by atoms with Crippen LogP contribution in [0.25, 0.3) is 0 Å². The van der Waals surface area contributed by atoms with Crippen LogP contribution in [0.15, 0.2) is 30.3 Å². The molecule has 2 fully saturated rings. The molecule has 1 aromatic rings. The summed E-state index contributed by atoms with van der Waals surface area (Å²) < 4.78 is 0. The molecule has 3 rings (SSSR count). The van der Waals surface area contributed by atoms with E-state index < -0.39 is 0 Å². The summed E-state index contributed by atoms with van der Waals surface area (Å²) >= 11 is 0. The van der Waals surface area contributed by atoms with E-state index in [1.54, 1.807) is 0 Å². The molecule has 2 unspecified atom stereocenters. The van der Waals surface area contributed by atoms with Crippen molar-refractivity contribution >= 4 is 0 Å². The first-order chi connectivity index (χ1) is 10.2.